The number of benzene rings is 1. The molecule has 0 aliphatic heterocycles. The van der Waals surface area contributed by atoms with Crippen LogP contribution in [0.4, 0.5) is 0 Å². The second-order valence-electron chi connectivity index (χ2n) is 5.09. The second kappa shape index (κ2) is 5.41. The first-order valence-corrected chi connectivity index (χ1v) is 7.41. The number of rotatable bonds is 3. The van der Waals surface area contributed by atoms with Gasteiger partial charge in [-0.2, -0.15) is 0 Å². The lowest BCUT2D eigenvalue weighted by Gasteiger charge is -2.14. The van der Waals surface area contributed by atoms with Crippen LogP contribution in [-0.2, 0) is 6.54 Å². The number of aromatic nitrogens is 1. The molecule has 0 fully saturated rings. The van der Waals surface area contributed by atoms with E-state index in [9.17, 15) is 4.79 Å². The standard InChI is InChI=1S/C16H15BrN2O2/c1-10-3-6-13(21-10)9-19(2)16(20)15-7-11-4-5-12(17)8-14(11)18-15/h3-8,18H,9H2,1-2H3. The lowest BCUT2D eigenvalue weighted by atomic mass is 10.2. The van der Waals surface area contributed by atoms with Crippen LogP contribution in [0.2, 0.25) is 0 Å². The number of aryl methyl sites for hydroxylation is 1. The van der Waals surface area contributed by atoms with Crippen LogP contribution in [0, 0.1) is 6.92 Å². The zero-order valence-electron chi connectivity index (χ0n) is 11.8. The molecular formula is C16H15BrN2O2. The summed E-state index contributed by atoms with van der Waals surface area (Å²) in [6, 6.07) is 11.5. The minimum absolute atomic E-state index is 0.0589. The molecule has 0 spiro atoms. The molecular weight excluding hydrogens is 332 g/mol. The number of carbonyl (C=O) groups excluding carboxylic acids is 1. The van der Waals surface area contributed by atoms with Crippen molar-refractivity contribution in [2.75, 3.05) is 7.05 Å². The Bertz CT molecular complexity index is 804. The second-order valence-corrected chi connectivity index (χ2v) is 6.00. The van der Waals surface area contributed by atoms with Gasteiger partial charge in [0.1, 0.15) is 17.2 Å². The number of amides is 1. The van der Waals surface area contributed by atoms with Gasteiger partial charge in [-0.25, -0.2) is 0 Å². The van der Waals surface area contributed by atoms with Gasteiger partial charge in [-0.05, 0) is 37.3 Å². The zero-order valence-corrected chi connectivity index (χ0v) is 13.4. The van der Waals surface area contributed by atoms with Gasteiger partial charge in [0.05, 0.1) is 6.54 Å². The molecule has 2 heterocycles. The van der Waals surface area contributed by atoms with Gasteiger partial charge < -0.3 is 14.3 Å². The summed E-state index contributed by atoms with van der Waals surface area (Å²) in [5, 5.41) is 1.02. The molecule has 4 nitrogen and oxygen atoms in total. The number of furan rings is 1. The number of aromatic amines is 1. The first-order chi connectivity index (χ1) is 10.0. The molecule has 0 atom stereocenters. The van der Waals surface area contributed by atoms with Gasteiger partial charge in [-0.1, -0.05) is 22.0 Å². The van der Waals surface area contributed by atoms with Gasteiger partial charge in [0.2, 0.25) is 0 Å². The third kappa shape index (κ3) is 2.88. The van der Waals surface area contributed by atoms with Crippen molar-refractivity contribution in [2.24, 2.45) is 0 Å². The topological polar surface area (TPSA) is 49.2 Å². The molecule has 5 heteroatoms. The van der Waals surface area contributed by atoms with Crippen molar-refractivity contribution in [3.8, 4) is 0 Å². The fourth-order valence-electron chi connectivity index (χ4n) is 2.30. The van der Waals surface area contributed by atoms with Crippen molar-refractivity contribution in [3.63, 3.8) is 0 Å². The van der Waals surface area contributed by atoms with E-state index in [0.29, 0.717) is 12.2 Å². The van der Waals surface area contributed by atoms with Crippen molar-refractivity contribution in [2.45, 2.75) is 13.5 Å². The maximum Gasteiger partial charge on any atom is 0.270 e. The van der Waals surface area contributed by atoms with Gasteiger partial charge in [-0.3, -0.25) is 4.79 Å². The van der Waals surface area contributed by atoms with Crippen LogP contribution < -0.4 is 0 Å². The molecule has 2 aromatic heterocycles. The van der Waals surface area contributed by atoms with E-state index in [4.69, 9.17) is 4.42 Å². The summed E-state index contributed by atoms with van der Waals surface area (Å²) in [5.74, 6) is 1.57. The molecule has 0 bridgehead atoms. The molecule has 108 valence electrons. The fraction of sp³-hybridized carbons (Fsp3) is 0.188. The highest BCUT2D eigenvalue weighted by molar-refractivity contribution is 9.10. The Morgan fingerprint density at radius 1 is 1.29 bits per heavy atom. The minimum atomic E-state index is -0.0589. The van der Waals surface area contributed by atoms with Crippen molar-refractivity contribution in [1.29, 1.82) is 0 Å². The third-order valence-corrected chi connectivity index (χ3v) is 3.84. The molecule has 0 saturated heterocycles. The summed E-state index contributed by atoms with van der Waals surface area (Å²) in [7, 11) is 1.77. The predicted molar refractivity (Wildman–Crippen MR) is 85.2 cm³/mol. The summed E-state index contributed by atoms with van der Waals surface area (Å²) >= 11 is 3.43. The van der Waals surface area contributed by atoms with Crippen LogP contribution in [0.3, 0.4) is 0 Å². The van der Waals surface area contributed by atoms with E-state index in [-0.39, 0.29) is 5.91 Å². The highest BCUT2D eigenvalue weighted by atomic mass is 79.9. The number of hydrogen-bond acceptors (Lipinski definition) is 2. The van der Waals surface area contributed by atoms with Gasteiger partial charge in [0.25, 0.3) is 5.91 Å². The summed E-state index contributed by atoms with van der Waals surface area (Å²) in [6.07, 6.45) is 0. The van der Waals surface area contributed by atoms with Crippen LogP contribution in [0.5, 0.6) is 0 Å². The van der Waals surface area contributed by atoms with E-state index in [1.54, 1.807) is 11.9 Å². The maximum atomic E-state index is 12.5. The maximum absolute atomic E-state index is 12.5. The van der Waals surface area contributed by atoms with Crippen LogP contribution in [0.25, 0.3) is 10.9 Å². The van der Waals surface area contributed by atoms with E-state index in [1.165, 1.54) is 0 Å². The molecule has 0 unspecified atom stereocenters. The molecule has 1 N–H and O–H groups in total. The van der Waals surface area contributed by atoms with E-state index < -0.39 is 0 Å². The summed E-state index contributed by atoms with van der Waals surface area (Å²) in [5.41, 5.74) is 1.52. The van der Waals surface area contributed by atoms with Crippen molar-refractivity contribution >= 4 is 32.7 Å². The molecule has 0 aliphatic rings. The molecule has 0 saturated carbocycles. The van der Waals surface area contributed by atoms with Crippen LogP contribution in [-0.4, -0.2) is 22.8 Å². The molecule has 1 aromatic carbocycles. The SMILES string of the molecule is Cc1ccc(CN(C)C(=O)c2cc3ccc(Br)cc3[nH]2)o1. The van der Waals surface area contributed by atoms with Crippen molar-refractivity contribution in [3.05, 3.63) is 58.1 Å². The molecule has 3 rings (SSSR count). The van der Waals surface area contributed by atoms with E-state index in [0.717, 1.165) is 26.9 Å². The average molecular weight is 347 g/mol. The Morgan fingerprint density at radius 2 is 2.10 bits per heavy atom. The monoisotopic (exact) mass is 346 g/mol. The van der Waals surface area contributed by atoms with Gasteiger partial charge >= 0.3 is 0 Å². The highest BCUT2D eigenvalue weighted by Gasteiger charge is 2.16. The Labute approximate surface area is 130 Å². The number of carbonyl (C=O) groups is 1. The molecule has 0 radical (unpaired) electrons. The smallest absolute Gasteiger partial charge is 0.270 e. The number of nitrogens with one attached hydrogen (secondary N) is 1. The van der Waals surface area contributed by atoms with Gasteiger partial charge in [0, 0.05) is 22.4 Å². The number of halogens is 1. The van der Waals surface area contributed by atoms with Gasteiger partial charge in [-0.15, -0.1) is 0 Å². The molecule has 21 heavy (non-hydrogen) atoms. The average Bonchev–Trinajstić information content (AvgIpc) is 3.03. The predicted octanol–water partition coefficient (Wildman–Crippen LogP) is 4.10. The summed E-state index contributed by atoms with van der Waals surface area (Å²) in [4.78, 5) is 17.2. The number of fused-ring (bicyclic) bond motifs is 1. The van der Waals surface area contributed by atoms with Gasteiger partial charge in [0.15, 0.2) is 0 Å². The lowest BCUT2D eigenvalue weighted by molar-refractivity contribution is 0.0770. The Kier molecular flexibility index (Phi) is 3.59. The number of H-pyrrole nitrogens is 1. The quantitative estimate of drug-likeness (QED) is 0.775. The fourth-order valence-corrected chi connectivity index (χ4v) is 2.66. The number of hydrogen-bond donors (Lipinski definition) is 1. The molecule has 3 aromatic rings. The first kappa shape index (κ1) is 13.9. The van der Waals surface area contributed by atoms with Crippen LogP contribution >= 0.6 is 15.9 Å². The first-order valence-electron chi connectivity index (χ1n) is 6.62. The summed E-state index contributed by atoms with van der Waals surface area (Å²) < 4.78 is 6.49. The van der Waals surface area contributed by atoms with Crippen LogP contribution in [0.15, 0.2) is 45.3 Å². The van der Waals surface area contributed by atoms with Crippen molar-refractivity contribution < 1.29 is 9.21 Å². The number of nitrogens with zero attached hydrogens (tertiary/aromatic N) is 1. The third-order valence-electron chi connectivity index (χ3n) is 3.35. The summed E-state index contributed by atoms with van der Waals surface area (Å²) in [6.45, 7) is 2.34. The van der Waals surface area contributed by atoms with E-state index >= 15 is 0 Å². The molecule has 1 amide bonds. The Hall–Kier alpha value is -2.01. The molecule has 0 aliphatic carbocycles. The lowest BCUT2D eigenvalue weighted by Crippen LogP contribution is -2.26. The Balaban J connectivity index is 1.82. The van der Waals surface area contributed by atoms with E-state index in [1.807, 2.05) is 43.3 Å². The highest BCUT2D eigenvalue weighted by Crippen LogP contribution is 2.21. The largest absolute Gasteiger partial charge is 0.464 e. The minimum Gasteiger partial charge on any atom is -0.464 e. The van der Waals surface area contributed by atoms with Crippen molar-refractivity contribution in [1.82, 2.24) is 9.88 Å². The Morgan fingerprint density at radius 3 is 2.81 bits per heavy atom. The van der Waals surface area contributed by atoms with E-state index in [2.05, 4.69) is 20.9 Å². The zero-order chi connectivity index (χ0) is 15.0. The normalized spacial score (nSPS) is 11.0. The van der Waals surface area contributed by atoms with Crippen LogP contribution in [0.1, 0.15) is 22.0 Å².